The van der Waals surface area contributed by atoms with Gasteiger partial charge in [-0.2, -0.15) is 5.10 Å². The molecular weight excluding hydrogens is 345 g/mol. The first-order valence-electron chi connectivity index (χ1n) is 5.61. The van der Waals surface area contributed by atoms with E-state index in [2.05, 4.69) is 27.7 Å². The lowest BCUT2D eigenvalue weighted by atomic mass is 10.2. The first-order chi connectivity index (χ1) is 8.51. The van der Waals surface area contributed by atoms with Crippen molar-refractivity contribution in [3.63, 3.8) is 0 Å². The predicted octanol–water partition coefficient (Wildman–Crippen LogP) is 2.14. The van der Waals surface area contributed by atoms with Crippen LogP contribution in [0.15, 0.2) is 18.5 Å². The summed E-state index contributed by atoms with van der Waals surface area (Å²) >= 11 is 2.12. The van der Waals surface area contributed by atoms with Crippen molar-refractivity contribution in [3.8, 4) is 0 Å². The van der Waals surface area contributed by atoms with Gasteiger partial charge in [0.05, 0.1) is 12.2 Å². The third kappa shape index (κ3) is 2.58. The minimum absolute atomic E-state index is 0.310. The van der Waals surface area contributed by atoms with E-state index in [1.807, 2.05) is 26.4 Å². The molecule has 0 saturated carbocycles. The Bertz CT molecular complexity index is 586. The Kier molecular flexibility index (Phi) is 3.74. The summed E-state index contributed by atoms with van der Waals surface area (Å²) in [6.45, 7) is 2.59. The molecule has 0 bridgehead atoms. The molecule has 0 unspecified atom stereocenters. The standard InChI is InChI=1S/C12H14IN3O2/c1-3-10-8(5-15(2)14-10)6-16-7-9(13)4-11(16)12(17)18/h4-5,7H,3,6H2,1-2H3,(H,17,18). The number of hydrogen-bond donors (Lipinski definition) is 1. The maximum Gasteiger partial charge on any atom is 0.352 e. The number of halogens is 1. The summed E-state index contributed by atoms with van der Waals surface area (Å²) < 4.78 is 4.44. The molecule has 0 aromatic carbocycles. The Morgan fingerprint density at radius 1 is 1.50 bits per heavy atom. The number of carboxylic acid groups (broad SMARTS) is 1. The number of aromatic nitrogens is 3. The Hall–Kier alpha value is -1.31. The van der Waals surface area contributed by atoms with E-state index >= 15 is 0 Å². The summed E-state index contributed by atoms with van der Waals surface area (Å²) in [4.78, 5) is 11.1. The molecule has 5 nitrogen and oxygen atoms in total. The molecule has 1 N–H and O–H groups in total. The molecular formula is C12H14IN3O2. The highest BCUT2D eigenvalue weighted by atomic mass is 127. The number of aromatic carboxylic acids is 1. The fraction of sp³-hybridized carbons (Fsp3) is 0.333. The van der Waals surface area contributed by atoms with Crippen LogP contribution in [0, 0.1) is 3.57 Å². The topological polar surface area (TPSA) is 60.0 Å². The number of nitrogens with zero attached hydrogens (tertiary/aromatic N) is 3. The Labute approximate surface area is 119 Å². The smallest absolute Gasteiger partial charge is 0.352 e. The average Bonchev–Trinajstić information content (AvgIpc) is 2.82. The Balaban J connectivity index is 2.36. The van der Waals surface area contributed by atoms with Crippen molar-refractivity contribution in [2.45, 2.75) is 19.9 Å². The fourth-order valence-corrected chi connectivity index (χ4v) is 2.61. The lowest BCUT2D eigenvalue weighted by Crippen LogP contribution is -2.09. The predicted molar refractivity (Wildman–Crippen MR) is 75.8 cm³/mol. The highest BCUT2D eigenvalue weighted by Gasteiger charge is 2.14. The van der Waals surface area contributed by atoms with E-state index in [0.717, 1.165) is 21.2 Å². The van der Waals surface area contributed by atoms with Gasteiger partial charge in [0.25, 0.3) is 0 Å². The number of carbonyl (C=O) groups is 1. The van der Waals surface area contributed by atoms with Crippen molar-refractivity contribution in [3.05, 3.63) is 39.0 Å². The van der Waals surface area contributed by atoms with E-state index in [9.17, 15) is 4.79 Å². The second-order valence-corrected chi connectivity index (χ2v) is 5.35. The molecule has 0 aliphatic carbocycles. The highest BCUT2D eigenvalue weighted by Crippen LogP contribution is 2.16. The van der Waals surface area contributed by atoms with Crippen LogP contribution >= 0.6 is 22.6 Å². The minimum Gasteiger partial charge on any atom is -0.477 e. The first kappa shape index (κ1) is 13.1. The molecule has 0 atom stereocenters. The Morgan fingerprint density at radius 2 is 2.22 bits per heavy atom. The third-order valence-corrected chi connectivity index (χ3v) is 3.34. The van der Waals surface area contributed by atoms with Gasteiger partial charge in [-0.15, -0.1) is 0 Å². The molecule has 2 aromatic heterocycles. The number of aryl methyl sites for hydroxylation is 2. The van der Waals surface area contributed by atoms with Crippen molar-refractivity contribution >= 4 is 28.6 Å². The molecule has 0 radical (unpaired) electrons. The zero-order valence-electron chi connectivity index (χ0n) is 10.2. The molecule has 2 heterocycles. The molecule has 0 aliphatic heterocycles. The molecule has 0 spiro atoms. The summed E-state index contributed by atoms with van der Waals surface area (Å²) in [6.07, 6.45) is 4.63. The summed E-state index contributed by atoms with van der Waals surface area (Å²) in [5.41, 5.74) is 2.39. The zero-order chi connectivity index (χ0) is 13.3. The van der Waals surface area contributed by atoms with Gasteiger partial charge in [0.15, 0.2) is 0 Å². The zero-order valence-corrected chi connectivity index (χ0v) is 12.4. The van der Waals surface area contributed by atoms with Crippen molar-refractivity contribution < 1.29 is 9.90 Å². The summed E-state index contributed by atoms with van der Waals surface area (Å²) in [5, 5.41) is 13.5. The number of rotatable bonds is 4. The van der Waals surface area contributed by atoms with Gasteiger partial charge in [0.1, 0.15) is 5.69 Å². The van der Waals surface area contributed by atoms with Gasteiger partial charge in [-0.25, -0.2) is 4.79 Å². The quantitative estimate of drug-likeness (QED) is 0.851. The van der Waals surface area contributed by atoms with Crippen LogP contribution in [-0.4, -0.2) is 25.4 Å². The average molecular weight is 359 g/mol. The molecule has 0 fully saturated rings. The molecule has 2 aromatic rings. The second kappa shape index (κ2) is 5.13. The van der Waals surface area contributed by atoms with E-state index < -0.39 is 5.97 Å². The van der Waals surface area contributed by atoms with Crippen LogP contribution in [0.2, 0.25) is 0 Å². The van der Waals surface area contributed by atoms with Gasteiger partial charge in [0.2, 0.25) is 0 Å². The van der Waals surface area contributed by atoms with Gasteiger partial charge in [0, 0.05) is 28.6 Å². The van der Waals surface area contributed by atoms with Crippen molar-refractivity contribution in [1.29, 1.82) is 0 Å². The van der Waals surface area contributed by atoms with E-state index in [-0.39, 0.29) is 0 Å². The van der Waals surface area contributed by atoms with Gasteiger partial charge in [-0.05, 0) is 35.1 Å². The maximum absolute atomic E-state index is 11.1. The second-order valence-electron chi connectivity index (χ2n) is 4.10. The lowest BCUT2D eigenvalue weighted by molar-refractivity contribution is 0.0685. The molecule has 96 valence electrons. The van der Waals surface area contributed by atoms with Crippen LogP contribution in [0.3, 0.4) is 0 Å². The highest BCUT2D eigenvalue weighted by molar-refractivity contribution is 14.1. The van der Waals surface area contributed by atoms with Gasteiger partial charge < -0.3 is 9.67 Å². The van der Waals surface area contributed by atoms with E-state index in [1.54, 1.807) is 15.3 Å². The third-order valence-electron chi connectivity index (χ3n) is 2.75. The lowest BCUT2D eigenvalue weighted by Gasteiger charge is -2.05. The SMILES string of the molecule is CCc1nn(C)cc1Cn1cc(I)cc1C(=O)O. The normalized spacial score (nSPS) is 10.8. The monoisotopic (exact) mass is 359 g/mol. The summed E-state index contributed by atoms with van der Waals surface area (Å²) in [5.74, 6) is -0.903. The summed E-state index contributed by atoms with van der Waals surface area (Å²) in [6, 6.07) is 1.67. The minimum atomic E-state index is -0.903. The first-order valence-corrected chi connectivity index (χ1v) is 6.69. The van der Waals surface area contributed by atoms with E-state index in [4.69, 9.17) is 5.11 Å². The molecule has 2 rings (SSSR count). The van der Waals surface area contributed by atoms with Gasteiger partial charge in [-0.1, -0.05) is 6.92 Å². The van der Waals surface area contributed by atoms with E-state index in [1.165, 1.54) is 0 Å². The van der Waals surface area contributed by atoms with Crippen LogP contribution in [0.25, 0.3) is 0 Å². The molecule has 0 aliphatic rings. The van der Waals surface area contributed by atoms with Crippen molar-refractivity contribution in [1.82, 2.24) is 14.3 Å². The summed E-state index contributed by atoms with van der Waals surface area (Å²) in [7, 11) is 1.88. The van der Waals surface area contributed by atoms with Crippen molar-refractivity contribution in [2.75, 3.05) is 0 Å². The molecule has 6 heteroatoms. The maximum atomic E-state index is 11.1. The van der Waals surface area contributed by atoms with Crippen LogP contribution in [0.4, 0.5) is 0 Å². The molecule has 18 heavy (non-hydrogen) atoms. The largest absolute Gasteiger partial charge is 0.477 e. The van der Waals surface area contributed by atoms with Crippen LogP contribution in [-0.2, 0) is 20.0 Å². The van der Waals surface area contributed by atoms with Gasteiger partial charge in [-0.3, -0.25) is 4.68 Å². The Morgan fingerprint density at radius 3 is 2.83 bits per heavy atom. The fourth-order valence-electron chi connectivity index (χ4n) is 1.98. The van der Waals surface area contributed by atoms with Crippen molar-refractivity contribution in [2.24, 2.45) is 7.05 Å². The van der Waals surface area contributed by atoms with Crippen LogP contribution in [0.1, 0.15) is 28.7 Å². The number of hydrogen-bond acceptors (Lipinski definition) is 2. The van der Waals surface area contributed by atoms with E-state index in [0.29, 0.717) is 12.2 Å². The van der Waals surface area contributed by atoms with Gasteiger partial charge >= 0.3 is 5.97 Å². The van der Waals surface area contributed by atoms with Crippen LogP contribution in [0.5, 0.6) is 0 Å². The number of carboxylic acids is 1. The van der Waals surface area contributed by atoms with Crippen LogP contribution < -0.4 is 0 Å². The molecule has 0 saturated heterocycles. The molecule has 0 amide bonds.